The van der Waals surface area contributed by atoms with E-state index in [9.17, 15) is 4.39 Å². The summed E-state index contributed by atoms with van der Waals surface area (Å²) in [6.45, 7) is 1.98. The van der Waals surface area contributed by atoms with Crippen LogP contribution in [0.1, 0.15) is 12.7 Å². The quantitative estimate of drug-likeness (QED) is 0.751. The van der Waals surface area contributed by atoms with E-state index in [1.807, 2.05) is 6.92 Å². The summed E-state index contributed by atoms with van der Waals surface area (Å²) < 4.78 is 12.5. The number of nitrogens with one attached hydrogen (secondary N) is 2. The minimum atomic E-state index is -0.509. The number of H-pyrrole nitrogens is 1. The summed E-state index contributed by atoms with van der Waals surface area (Å²) >= 11 is 0. The summed E-state index contributed by atoms with van der Waals surface area (Å²) in [5.74, 6) is 0.748. The molecule has 6 heteroatoms. The van der Waals surface area contributed by atoms with Gasteiger partial charge in [0, 0.05) is 6.42 Å². The first kappa shape index (κ1) is 9.57. The van der Waals surface area contributed by atoms with Crippen LogP contribution in [-0.2, 0) is 6.42 Å². The molecule has 2 aromatic heterocycles. The van der Waals surface area contributed by atoms with Gasteiger partial charge < -0.3 is 5.32 Å². The standard InChI is InChI=1S/C9H10FN5/c1-2-8-13-9(15-14-8)12-6-3-4-7(10)11-5-6/h3-5H,2H2,1H3,(H2,12,13,14,15). The molecule has 2 heterocycles. The number of hydrogen-bond donors (Lipinski definition) is 2. The van der Waals surface area contributed by atoms with Crippen molar-refractivity contribution in [2.75, 3.05) is 5.32 Å². The molecule has 0 saturated heterocycles. The molecule has 0 aromatic carbocycles. The van der Waals surface area contributed by atoms with Crippen LogP contribution >= 0.6 is 0 Å². The van der Waals surface area contributed by atoms with Gasteiger partial charge >= 0.3 is 0 Å². The van der Waals surface area contributed by atoms with E-state index in [2.05, 4.69) is 25.5 Å². The molecule has 15 heavy (non-hydrogen) atoms. The molecule has 2 aromatic rings. The molecule has 2 rings (SSSR count). The molecule has 0 bridgehead atoms. The Morgan fingerprint density at radius 1 is 1.47 bits per heavy atom. The zero-order chi connectivity index (χ0) is 10.7. The highest BCUT2D eigenvalue weighted by atomic mass is 19.1. The Balaban J connectivity index is 2.11. The highest BCUT2D eigenvalue weighted by Gasteiger charge is 2.01. The fraction of sp³-hybridized carbons (Fsp3) is 0.222. The molecule has 0 radical (unpaired) electrons. The molecular formula is C9H10FN5. The lowest BCUT2D eigenvalue weighted by molar-refractivity contribution is 0.584. The number of aromatic nitrogens is 4. The molecular weight excluding hydrogens is 197 g/mol. The Morgan fingerprint density at radius 2 is 2.33 bits per heavy atom. The van der Waals surface area contributed by atoms with E-state index < -0.39 is 5.95 Å². The van der Waals surface area contributed by atoms with E-state index in [-0.39, 0.29) is 0 Å². The van der Waals surface area contributed by atoms with Gasteiger partial charge in [-0.05, 0) is 12.1 Å². The molecule has 0 unspecified atom stereocenters. The molecule has 5 nitrogen and oxygen atoms in total. The number of hydrogen-bond acceptors (Lipinski definition) is 4. The number of aryl methyl sites for hydroxylation is 1. The monoisotopic (exact) mass is 207 g/mol. The number of halogens is 1. The van der Waals surface area contributed by atoms with Crippen molar-refractivity contribution in [2.45, 2.75) is 13.3 Å². The first-order valence-corrected chi connectivity index (χ1v) is 4.58. The highest BCUT2D eigenvalue weighted by Crippen LogP contribution is 2.11. The summed E-state index contributed by atoms with van der Waals surface area (Å²) in [5.41, 5.74) is 0.651. The molecule has 0 aliphatic heterocycles. The summed E-state index contributed by atoms with van der Waals surface area (Å²) in [6.07, 6.45) is 2.17. The summed E-state index contributed by atoms with van der Waals surface area (Å²) in [6, 6.07) is 2.85. The van der Waals surface area contributed by atoms with E-state index in [4.69, 9.17) is 0 Å². The van der Waals surface area contributed by atoms with Gasteiger partial charge in [0.1, 0.15) is 5.82 Å². The largest absolute Gasteiger partial charge is 0.321 e. The Kier molecular flexibility index (Phi) is 2.57. The average molecular weight is 207 g/mol. The summed E-state index contributed by atoms with van der Waals surface area (Å²) in [7, 11) is 0. The summed E-state index contributed by atoms with van der Waals surface area (Å²) in [5, 5.41) is 9.61. The van der Waals surface area contributed by atoms with Gasteiger partial charge in [-0.2, -0.15) is 9.37 Å². The first-order chi connectivity index (χ1) is 7.28. The normalized spacial score (nSPS) is 10.3. The number of anilines is 2. The Bertz CT molecular complexity index is 436. The zero-order valence-corrected chi connectivity index (χ0v) is 8.16. The topological polar surface area (TPSA) is 66.5 Å². The van der Waals surface area contributed by atoms with Crippen LogP contribution in [0.25, 0.3) is 0 Å². The second-order valence-electron chi connectivity index (χ2n) is 2.95. The van der Waals surface area contributed by atoms with Crippen molar-refractivity contribution < 1.29 is 4.39 Å². The number of pyridine rings is 1. The molecule has 0 atom stereocenters. The third-order valence-electron chi connectivity index (χ3n) is 1.85. The maximum Gasteiger partial charge on any atom is 0.246 e. The van der Waals surface area contributed by atoms with Gasteiger partial charge in [0.25, 0.3) is 0 Å². The lowest BCUT2D eigenvalue weighted by Gasteiger charge is -1.99. The third-order valence-corrected chi connectivity index (χ3v) is 1.85. The SMILES string of the molecule is CCc1nc(Nc2ccc(F)nc2)n[nH]1. The smallest absolute Gasteiger partial charge is 0.246 e. The predicted octanol–water partition coefficient (Wildman–Crippen LogP) is 1.64. The third kappa shape index (κ3) is 2.28. The fourth-order valence-electron chi connectivity index (χ4n) is 1.09. The van der Waals surface area contributed by atoms with Gasteiger partial charge in [-0.1, -0.05) is 6.92 Å². The first-order valence-electron chi connectivity index (χ1n) is 4.58. The van der Waals surface area contributed by atoms with Crippen molar-refractivity contribution in [3.63, 3.8) is 0 Å². The van der Waals surface area contributed by atoms with Gasteiger partial charge in [-0.3, -0.25) is 5.10 Å². The molecule has 2 N–H and O–H groups in total. The number of aromatic amines is 1. The van der Waals surface area contributed by atoms with Crippen LogP contribution in [-0.4, -0.2) is 20.2 Å². The Hall–Kier alpha value is -1.98. The van der Waals surface area contributed by atoms with Crippen molar-refractivity contribution in [3.8, 4) is 0 Å². The van der Waals surface area contributed by atoms with Gasteiger partial charge in [0.05, 0.1) is 11.9 Å². The van der Waals surface area contributed by atoms with Crippen LogP contribution in [0.2, 0.25) is 0 Å². The second kappa shape index (κ2) is 4.04. The van der Waals surface area contributed by atoms with Gasteiger partial charge in [-0.25, -0.2) is 4.98 Å². The average Bonchev–Trinajstić information content (AvgIpc) is 2.69. The molecule has 0 spiro atoms. The predicted molar refractivity (Wildman–Crippen MR) is 53.2 cm³/mol. The second-order valence-corrected chi connectivity index (χ2v) is 2.95. The lowest BCUT2D eigenvalue weighted by atomic mass is 10.4. The van der Waals surface area contributed by atoms with E-state index in [1.165, 1.54) is 12.3 Å². The van der Waals surface area contributed by atoms with Gasteiger partial charge in [-0.15, -0.1) is 5.10 Å². The summed E-state index contributed by atoms with van der Waals surface area (Å²) in [4.78, 5) is 7.65. The van der Waals surface area contributed by atoms with Crippen LogP contribution in [0.4, 0.5) is 16.0 Å². The molecule has 0 amide bonds. The molecule has 0 saturated carbocycles. The van der Waals surface area contributed by atoms with E-state index in [0.717, 1.165) is 12.2 Å². The van der Waals surface area contributed by atoms with Crippen molar-refractivity contribution in [1.29, 1.82) is 0 Å². The van der Waals surface area contributed by atoms with E-state index in [0.29, 0.717) is 11.6 Å². The van der Waals surface area contributed by atoms with E-state index in [1.54, 1.807) is 6.07 Å². The van der Waals surface area contributed by atoms with Crippen molar-refractivity contribution in [1.82, 2.24) is 20.2 Å². The van der Waals surface area contributed by atoms with Crippen LogP contribution in [0.3, 0.4) is 0 Å². The van der Waals surface area contributed by atoms with E-state index >= 15 is 0 Å². The maximum absolute atomic E-state index is 12.5. The molecule has 0 fully saturated rings. The van der Waals surface area contributed by atoms with Crippen LogP contribution in [0, 0.1) is 5.95 Å². The van der Waals surface area contributed by atoms with Crippen LogP contribution in [0.15, 0.2) is 18.3 Å². The Labute approximate surface area is 85.8 Å². The van der Waals surface area contributed by atoms with Crippen molar-refractivity contribution in [2.24, 2.45) is 0 Å². The number of rotatable bonds is 3. The van der Waals surface area contributed by atoms with Crippen molar-refractivity contribution >= 4 is 11.6 Å². The molecule has 78 valence electrons. The maximum atomic E-state index is 12.5. The Morgan fingerprint density at radius 3 is 2.93 bits per heavy atom. The fourth-order valence-corrected chi connectivity index (χ4v) is 1.09. The van der Waals surface area contributed by atoms with Crippen LogP contribution < -0.4 is 5.32 Å². The van der Waals surface area contributed by atoms with Gasteiger partial charge in [0.2, 0.25) is 11.9 Å². The van der Waals surface area contributed by atoms with Crippen LogP contribution in [0.5, 0.6) is 0 Å². The molecule has 0 aliphatic rings. The highest BCUT2D eigenvalue weighted by molar-refractivity contribution is 5.50. The number of nitrogens with zero attached hydrogens (tertiary/aromatic N) is 3. The minimum absolute atomic E-state index is 0.459. The van der Waals surface area contributed by atoms with Crippen molar-refractivity contribution in [3.05, 3.63) is 30.1 Å². The minimum Gasteiger partial charge on any atom is -0.321 e. The molecule has 0 aliphatic carbocycles. The lowest BCUT2D eigenvalue weighted by Crippen LogP contribution is -1.94. The zero-order valence-electron chi connectivity index (χ0n) is 8.16. The van der Waals surface area contributed by atoms with Gasteiger partial charge in [0.15, 0.2) is 0 Å².